The monoisotopic (exact) mass is 288 g/mol. The second-order valence-corrected chi connectivity index (χ2v) is 4.75. The summed E-state index contributed by atoms with van der Waals surface area (Å²) in [6.07, 6.45) is 0. The first-order chi connectivity index (χ1) is 10.0. The second-order valence-electron chi connectivity index (χ2n) is 4.75. The van der Waals surface area contributed by atoms with Gasteiger partial charge in [-0.3, -0.25) is 4.79 Å². The maximum absolute atomic E-state index is 13.8. The Hall–Kier alpha value is -2.56. The van der Waals surface area contributed by atoms with Crippen LogP contribution in [0.2, 0.25) is 0 Å². The lowest BCUT2D eigenvalue weighted by Crippen LogP contribution is -2.27. The number of methoxy groups -OCH3 is 1. The third-order valence-corrected chi connectivity index (χ3v) is 3.15. The summed E-state index contributed by atoms with van der Waals surface area (Å²) < 4.78 is 18.8. The molecule has 0 aromatic heterocycles. The normalized spacial score (nSPS) is 10.2. The summed E-state index contributed by atoms with van der Waals surface area (Å²) in [5, 5.41) is 0. The molecule has 110 valence electrons. The molecular weight excluding hydrogens is 271 g/mol. The highest BCUT2D eigenvalue weighted by molar-refractivity contribution is 5.94. The minimum absolute atomic E-state index is 0.0141. The molecule has 1 amide bonds. The SMILES string of the molecule is COc1ccc(CN(C)C(=O)c2ccc(N)cc2F)cc1. The molecular formula is C16H17FN2O2. The number of ether oxygens (including phenoxy) is 1. The van der Waals surface area contributed by atoms with Crippen LogP contribution in [0.5, 0.6) is 5.75 Å². The van der Waals surface area contributed by atoms with E-state index < -0.39 is 5.82 Å². The number of nitrogens with zero attached hydrogens (tertiary/aromatic N) is 1. The van der Waals surface area contributed by atoms with E-state index in [4.69, 9.17) is 10.5 Å². The summed E-state index contributed by atoms with van der Waals surface area (Å²) >= 11 is 0. The summed E-state index contributed by atoms with van der Waals surface area (Å²) in [6.45, 7) is 0.382. The van der Waals surface area contributed by atoms with Gasteiger partial charge in [0.15, 0.2) is 0 Å². The number of halogens is 1. The third kappa shape index (κ3) is 3.51. The van der Waals surface area contributed by atoms with Crippen molar-refractivity contribution in [1.29, 1.82) is 0 Å². The van der Waals surface area contributed by atoms with Crippen LogP contribution in [0.15, 0.2) is 42.5 Å². The van der Waals surface area contributed by atoms with E-state index in [1.54, 1.807) is 14.2 Å². The van der Waals surface area contributed by atoms with Crippen LogP contribution in [0.1, 0.15) is 15.9 Å². The number of hydrogen-bond acceptors (Lipinski definition) is 3. The van der Waals surface area contributed by atoms with Gasteiger partial charge in [-0.05, 0) is 35.9 Å². The zero-order valence-electron chi connectivity index (χ0n) is 12.0. The Kier molecular flexibility index (Phi) is 4.42. The quantitative estimate of drug-likeness (QED) is 0.880. The lowest BCUT2D eigenvalue weighted by Gasteiger charge is -2.18. The molecule has 2 rings (SSSR count). The van der Waals surface area contributed by atoms with Gasteiger partial charge in [-0.1, -0.05) is 12.1 Å². The summed E-state index contributed by atoms with van der Waals surface area (Å²) in [7, 11) is 3.22. The largest absolute Gasteiger partial charge is 0.497 e. The molecule has 0 heterocycles. The summed E-state index contributed by atoms with van der Waals surface area (Å²) in [6, 6.07) is 11.4. The molecule has 0 saturated heterocycles. The van der Waals surface area contributed by atoms with E-state index in [1.807, 2.05) is 24.3 Å². The Bertz CT molecular complexity index is 641. The fourth-order valence-electron chi connectivity index (χ4n) is 1.99. The van der Waals surface area contributed by atoms with Gasteiger partial charge in [0.05, 0.1) is 12.7 Å². The lowest BCUT2D eigenvalue weighted by atomic mass is 10.1. The van der Waals surface area contributed by atoms with Crippen molar-refractivity contribution in [2.45, 2.75) is 6.54 Å². The molecule has 5 heteroatoms. The van der Waals surface area contributed by atoms with Gasteiger partial charge < -0.3 is 15.4 Å². The summed E-state index contributed by atoms with van der Waals surface area (Å²) in [4.78, 5) is 13.7. The Labute approximate surface area is 122 Å². The zero-order chi connectivity index (χ0) is 15.4. The number of nitrogen functional groups attached to an aromatic ring is 1. The van der Waals surface area contributed by atoms with Gasteiger partial charge in [-0.15, -0.1) is 0 Å². The van der Waals surface area contributed by atoms with Crippen molar-refractivity contribution < 1.29 is 13.9 Å². The Morgan fingerprint density at radius 3 is 2.48 bits per heavy atom. The number of rotatable bonds is 4. The highest BCUT2D eigenvalue weighted by Gasteiger charge is 2.16. The second kappa shape index (κ2) is 6.26. The van der Waals surface area contributed by atoms with Crippen molar-refractivity contribution in [3.8, 4) is 5.75 Å². The van der Waals surface area contributed by atoms with Crippen LogP contribution in [0.4, 0.5) is 10.1 Å². The zero-order valence-corrected chi connectivity index (χ0v) is 12.0. The molecule has 2 aromatic carbocycles. The van der Waals surface area contributed by atoms with Crippen LogP contribution in [0.3, 0.4) is 0 Å². The molecule has 2 N–H and O–H groups in total. The summed E-state index contributed by atoms with van der Waals surface area (Å²) in [5.74, 6) is -0.248. The van der Waals surface area contributed by atoms with E-state index in [-0.39, 0.29) is 11.5 Å². The number of carbonyl (C=O) groups is 1. The van der Waals surface area contributed by atoms with Gasteiger partial charge in [0, 0.05) is 19.3 Å². The maximum Gasteiger partial charge on any atom is 0.256 e. The molecule has 0 bridgehead atoms. The predicted octanol–water partition coefficient (Wildman–Crippen LogP) is 2.69. The molecule has 0 atom stereocenters. The van der Waals surface area contributed by atoms with Crippen LogP contribution >= 0.6 is 0 Å². The average Bonchev–Trinajstić information content (AvgIpc) is 2.47. The van der Waals surface area contributed by atoms with Crippen molar-refractivity contribution in [3.63, 3.8) is 0 Å². The first-order valence-electron chi connectivity index (χ1n) is 6.44. The first kappa shape index (κ1) is 14.8. The van der Waals surface area contributed by atoms with Crippen molar-refractivity contribution in [2.24, 2.45) is 0 Å². The fourth-order valence-corrected chi connectivity index (χ4v) is 1.99. The summed E-state index contributed by atoms with van der Waals surface area (Å²) in [5.41, 5.74) is 6.72. The predicted molar refractivity (Wildman–Crippen MR) is 79.6 cm³/mol. The third-order valence-electron chi connectivity index (χ3n) is 3.15. The van der Waals surface area contributed by atoms with Crippen molar-refractivity contribution >= 4 is 11.6 Å². The van der Waals surface area contributed by atoms with E-state index in [9.17, 15) is 9.18 Å². The van der Waals surface area contributed by atoms with Crippen LogP contribution in [-0.2, 0) is 6.54 Å². The molecule has 0 aliphatic carbocycles. The van der Waals surface area contributed by atoms with Gasteiger partial charge in [0.25, 0.3) is 5.91 Å². The highest BCUT2D eigenvalue weighted by Crippen LogP contribution is 2.16. The van der Waals surface area contributed by atoms with Gasteiger partial charge in [0.2, 0.25) is 0 Å². The molecule has 0 unspecified atom stereocenters. The molecule has 0 aliphatic heterocycles. The minimum atomic E-state index is -0.610. The van der Waals surface area contributed by atoms with E-state index in [0.29, 0.717) is 12.2 Å². The fraction of sp³-hybridized carbons (Fsp3) is 0.188. The Balaban J connectivity index is 2.11. The van der Waals surface area contributed by atoms with Crippen LogP contribution in [0, 0.1) is 5.82 Å². The molecule has 0 saturated carbocycles. The minimum Gasteiger partial charge on any atom is -0.497 e. The number of carbonyl (C=O) groups excluding carboxylic acids is 1. The number of benzene rings is 2. The van der Waals surface area contributed by atoms with Gasteiger partial charge >= 0.3 is 0 Å². The average molecular weight is 288 g/mol. The van der Waals surface area contributed by atoms with E-state index in [2.05, 4.69) is 0 Å². The molecule has 4 nitrogen and oxygen atoms in total. The van der Waals surface area contributed by atoms with E-state index in [1.165, 1.54) is 17.0 Å². The smallest absolute Gasteiger partial charge is 0.256 e. The molecule has 21 heavy (non-hydrogen) atoms. The molecule has 0 fully saturated rings. The van der Waals surface area contributed by atoms with Crippen molar-refractivity contribution in [2.75, 3.05) is 19.9 Å². The highest BCUT2D eigenvalue weighted by atomic mass is 19.1. The Morgan fingerprint density at radius 1 is 1.24 bits per heavy atom. The van der Waals surface area contributed by atoms with Crippen molar-refractivity contribution in [3.05, 3.63) is 59.4 Å². The van der Waals surface area contributed by atoms with Crippen LogP contribution < -0.4 is 10.5 Å². The van der Waals surface area contributed by atoms with E-state index >= 15 is 0 Å². The lowest BCUT2D eigenvalue weighted by molar-refractivity contribution is 0.0780. The standard InChI is InChI=1S/C16H17FN2O2/c1-19(10-11-3-6-13(21-2)7-4-11)16(20)14-8-5-12(18)9-15(14)17/h3-9H,10,18H2,1-2H3. The maximum atomic E-state index is 13.8. The number of anilines is 1. The van der Waals surface area contributed by atoms with Gasteiger partial charge in [-0.25, -0.2) is 4.39 Å². The van der Waals surface area contributed by atoms with Crippen molar-refractivity contribution in [1.82, 2.24) is 4.90 Å². The van der Waals surface area contributed by atoms with Gasteiger partial charge in [0.1, 0.15) is 11.6 Å². The van der Waals surface area contributed by atoms with E-state index in [0.717, 1.165) is 17.4 Å². The van der Waals surface area contributed by atoms with Gasteiger partial charge in [-0.2, -0.15) is 0 Å². The first-order valence-corrected chi connectivity index (χ1v) is 6.44. The molecule has 0 radical (unpaired) electrons. The number of hydrogen-bond donors (Lipinski definition) is 1. The molecule has 2 aromatic rings. The molecule has 0 aliphatic rings. The number of nitrogens with two attached hydrogens (primary N) is 1. The Morgan fingerprint density at radius 2 is 1.90 bits per heavy atom. The van der Waals surface area contributed by atoms with Crippen LogP contribution in [0.25, 0.3) is 0 Å². The number of amides is 1. The molecule has 0 spiro atoms. The van der Waals surface area contributed by atoms with Crippen LogP contribution in [-0.4, -0.2) is 25.0 Å². The topological polar surface area (TPSA) is 55.6 Å².